The van der Waals surface area contributed by atoms with E-state index in [1.165, 1.54) is 35.7 Å². The van der Waals surface area contributed by atoms with Crippen molar-refractivity contribution >= 4 is 17.7 Å². The maximum Gasteiger partial charge on any atom is 0.233 e. The van der Waals surface area contributed by atoms with Crippen molar-refractivity contribution in [2.24, 2.45) is 0 Å². The fourth-order valence-corrected chi connectivity index (χ4v) is 2.98. The number of nitrogens with one attached hydrogen (secondary N) is 1. The minimum absolute atomic E-state index is 0.0889. The Morgan fingerprint density at radius 1 is 1.41 bits per heavy atom. The first kappa shape index (κ1) is 15.1. The summed E-state index contributed by atoms with van der Waals surface area (Å²) in [7, 11) is 1.84. The van der Waals surface area contributed by atoms with Crippen LogP contribution in [-0.2, 0) is 11.3 Å². The number of aromatic nitrogens is 3. The molecule has 1 aromatic carbocycles. The van der Waals surface area contributed by atoms with Crippen molar-refractivity contribution in [2.75, 3.05) is 12.8 Å². The Balaban J connectivity index is 1.51. The van der Waals surface area contributed by atoms with E-state index in [0.29, 0.717) is 23.4 Å². The van der Waals surface area contributed by atoms with Crippen molar-refractivity contribution in [3.8, 4) is 0 Å². The molecule has 1 N–H and O–H groups in total. The van der Waals surface area contributed by atoms with Gasteiger partial charge in [0.25, 0.3) is 0 Å². The zero-order valence-electron chi connectivity index (χ0n) is 12.9. The molecule has 1 aromatic heterocycles. The number of H-pyrrole nitrogens is 1. The summed E-state index contributed by atoms with van der Waals surface area (Å²) < 4.78 is 0. The minimum Gasteiger partial charge on any atom is -0.341 e. The molecule has 0 spiro atoms. The average Bonchev–Trinajstić information content (AvgIpc) is 3.26. The molecule has 1 saturated carbocycles. The lowest BCUT2D eigenvalue weighted by atomic mass is 10.1. The maximum atomic E-state index is 12.2. The minimum atomic E-state index is 0.0889. The number of thioether (sulfide) groups is 1. The molecule has 0 atom stereocenters. The number of amides is 1. The van der Waals surface area contributed by atoms with Crippen LogP contribution in [0.1, 0.15) is 35.7 Å². The van der Waals surface area contributed by atoms with Gasteiger partial charge in [-0.3, -0.25) is 9.89 Å². The van der Waals surface area contributed by atoms with Crippen LogP contribution in [0, 0.1) is 6.92 Å². The third-order valence-corrected chi connectivity index (χ3v) is 4.70. The number of carbonyl (C=O) groups is 1. The number of benzene rings is 1. The van der Waals surface area contributed by atoms with E-state index in [9.17, 15) is 4.79 Å². The number of aromatic amines is 1. The molecule has 3 rings (SSSR count). The number of carbonyl (C=O) groups excluding carboxylic acids is 1. The first-order valence-electron chi connectivity index (χ1n) is 7.47. The highest BCUT2D eigenvalue weighted by Crippen LogP contribution is 2.38. The van der Waals surface area contributed by atoms with Gasteiger partial charge in [0.05, 0.1) is 5.75 Å². The highest BCUT2D eigenvalue weighted by molar-refractivity contribution is 7.99. The van der Waals surface area contributed by atoms with Crippen LogP contribution in [0.15, 0.2) is 29.4 Å². The highest BCUT2D eigenvalue weighted by Gasteiger charge is 2.27. The average molecular weight is 316 g/mol. The monoisotopic (exact) mass is 316 g/mol. The van der Waals surface area contributed by atoms with Gasteiger partial charge in [-0.15, -0.1) is 5.10 Å². The smallest absolute Gasteiger partial charge is 0.233 e. The largest absolute Gasteiger partial charge is 0.341 e. The fourth-order valence-electron chi connectivity index (χ4n) is 2.23. The third-order valence-electron chi connectivity index (χ3n) is 3.87. The van der Waals surface area contributed by atoms with E-state index in [-0.39, 0.29) is 5.91 Å². The molecule has 116 valence electrons. The number of hydrogen-bond donors (Lipinski definition) is 1. The summed E-state index contributed by atoms with van der Waals surface area (Å²) in [5.74, 6) is 1.97. The predicted octanol–water partition coefficient (Wildman–Crippen LogP) is 2.74. The van der Waals surface area contributed by atoms with Gasteiger partial charge in [-0.25, -0.2) is 4.98 Å². The van der Waals surface area contributed by atoms with Gasteiger partial charge < -0.3 is 4.90 Å². The first-order chi connectivity index (χ1) is 10.6. The second-order valence-corrected chi connectivity index (χ2v) is 6.68. The second kappa shape index (κ2) is 6.52. The number of nitrogens with zero attached hydrogens (tertiary/aromatic N) is 3. The lowest BCUT2D eigenvalue weighted by molar-refractivity contribution is -0.127. The molecule has 6 heteroatoms. The molecule has 0 aliphatic heterocycles. The molecule has 0 radical (unpaired) electrons. The van der Waals surface area contributed by atoms with Crippen molar-refractivity contribution in [3.05, 3.63) is 41.2 Å². The maximum absolute atomic E-state index is 12.2. The molecule has 1 amide bonds. The normalized spacial score (nSPS) is 14.1. The molecule has 2 aromatic rings. The molecule has 0 saturated heterocycles. The van der Waals surface area contributed by atoms with Crippen molar-refractivity contribution in [3.63, 3.8) is 0 Å². The van der Waals surface area contributed by atoms with Crippen molar-refractivity contribution < 1.29 is 4.79 Å². The molecular formula is C16H20N4OS. The Labute approximate surface area is 134 Å². The van der Waals surface area contributed by atoms with E-state index in [0.717, 1.165) is 5.82 Å². The standard InChI is InChI=1S/C16H20N4OS/c1-11-5-3-4-6-13(11)9-20(2)14(21)10-22-16-17-15(18-19-16)12-7-8-12/h3-6,12H,7-10H2,1-2H3,(H,17,18,19). The Bertz CT molecular complexity index is 666. The van der Waals surface area contributed by atoms with Crippen LogP contribution in [0.25, 0.3) is 0 Å². The van der Waals surface area contributed by atoms with Crippen LogP contribution in [0.2, 0.25) is 0 Å². The molecule has 1 fully saturated rings. The second-order valence-electron chi connectivity index (χ2n) is 5.74. The molecule has 1 aliphatic carbocycles. The van der Waals surface area contributed by atoms with Gasteiger partial charge in [-0.05, 0) is 30.9 Å². The Kier molecular flexibility index (Phi) is 4.47. The summed E-state index contributed by atoms with van der Waals surface area (Å²) in [4.78, 5) is 18.4. The quantitative estimate of drug-likeness (QED) is 0.832. The predicted molar refractivity (Wildman–Crippen MR) is 86.7 cm³/mol. The van der Waals surface area contributed by atoms with E-state index in [1.807, 2.05) is 19.2 Å². The number of rotatable bonds is 6. The summed E-state index contributed by atoms with van der Waals surface area (Å²) >= 11 is 1.39. The van der Waals surface area contributed by atoms with Gasteiger partial charge >= 0.3 is 0 Å². The van der Waals surface area contributed by atoms with Crippen molar-refractivity contribution in [2.45, 2.75) is 37.4 Å². The molecule has 1 heterocycles. The van der Waals surface area contributed by atoms with Gasteiger partial charge in [0.1, 0.15) is 5.82 Å². The summed E-state index contributed by atoms with van der Waals surface area (Å²) in [6.45, 7) is 2.70. The fraction of sp³-hybridized carbons (Fsp3) is 0.438. The van der Waals surface area contributed by atoms with Gasteiger partial charge in [0.15, 0.2) is 0 Å². The van der Waals surface area contributed by atoms with Crippen LogP contribution in [0.5, 0.6) is 0 Å². The van der Waals surface area contributed by atoms with E-state index in [4.69, 9.17) is 0 Å². The van der Waals surface area contributed by atoms with Gasteiger partial charge in [-0.1, -0.05) is 36.0 Å². The Morgan fingerprint density at radius 3 is 2.91 bits per heavy atom. The van der Waals surface area contributed by atoms with Crippen LogP contribution in [0.4, 0.5) is 0 Å². The molecule has 22 heavy (non-hydrogen) atoms. The zero-order chi connectivity index (χ0) is 15.5. The zero-order valence-corrected chi connectivity index (χ0v) is 13.7. The van der Waals surface area contributed by atoms with Crippen LogP contribution in [-0.4, -0.2) is 38.8 Å². The summed E-state index contributed by atoms with van der Waals surface area (Å²) in [6.07, 6.45) is 2.38. The summed E-state index contributed by atoms with van der Waals surface area (Å²) in [5.41, 5.74) is 2.38. The van der Waals surface area contributed by atoms with E-state index in [2.05, 4.69) is 34.2 Å². The third kappa shape index (κ3) is 3.68. The lowest BCUT2D eigenvalue weighted by Gasteiger charge is -2.18. The topological polar surface area (TPSA) is 61.9 Å². The Hall–Kier alpha value is -1.82. The molecular weight excluding hydrogens is 296 g/mol. The first-order valence-corrected chi connectivity index (χ1v) is 8.45. The van der Waals surface area contributed by atoms with Crippen LogP contribution < -0.4 is 0 Å². The summed E-state index contributed by atoms with van der Waals surface area (Å²) in [5, 5.41) is 7.79. The lowest BCUT2D eigenvalue weighted by Crippen LogP contribution is -2.28. The molecule has 5 nitrogen and oxygen atoms in total. The van der Waals surface area contributed by atoms with Crippen LogP contribution in [0.3, 0.4) is 0 Å². The van der Waals surface area contributed by atoms with Crippen LogP contribution >= 0.6 is 11.8 Å². The highest BCUT2D eigenvalue weighted by atomic mass is 32.2. The molecule has 0 unspecified atom stereocenters. The van der Waals surface area contributed by atoms with Crippen molar-refractivity contribution in [1.29, 1.82) is 0 Å². The molecule has 0 bridgehead atoms. The number of hydrogen-bond acceptors (Lipinski definition) is 4. The Morgan fingerprint density at radius 2 is 2.18 bits per heavy atom. The van der Waals surface area contributed by atoms with E-state index >= 15 is 0 Å². The summed E-state index contributed by atoms with van der Waals surface area (Å²) in [6, 6.07) is 8.14. The van der Waals surface area contributed by atoms with Gasteiger partial charge in [0, 0.05) is 19.5 Å². The van der Waals surface area contributed by atoms with Crippen molar-refractivity contribution in [1.82, 2.24) is 20.1 Å². The SMILES string of the molecule is Cc1ccccc1CN(C)C(=O)CSc1n[nH]c(C2CC2)n1. The molecule has 1 aliphatic rings. The van der Waals surface area contributed by atoms with Gasteiger partial charge in [-0.2, -0.15) is 0 Å². The van der Waals surface area contributed by atoms with E-state index < -0.39 is 0 Å². The van der Waals surface area contributed by atoms with E-state index in [1.54, 1.807) is 4.90 Å². The number of aryl methyl sites for hydroxylation is 1. The van der Waals surface area contributed by atoms with Gasteiger partial charge in [0.2, 0.25) is 11.1 Å².